The second-order valence-corrected chi connectivity index (χ2v) is 6.37. The molecule has 2 atom stereocenters. The highest BCUT2D eigenvalue weighted by molar-refractivity contribution is 5.63. The molecule has 1 saturated heterocycles. The molecule has 0 aromatic heterocycles. The van der Waals surface area contributed by atoms with E-state index in [0.29, 0.717) is 12.1 Å². The second-order valence-electron chi connectivity index (χ2n) is 6.37. The molecule has 0 radical (unpaired) electrons. The van der Waals surface area contributed by atoms with Gasteiger partial charge in [-0.1, -0.05) is 18.6 Å². The van der Waals surface area contributed by atoms with Gasteiger partial charge in [-0.15, -0.1) is 0 Å². The Balaban J connectivity index is 1.97. The Morgan fingerprint density at radius 2 is 1.84 bits per heavy atom. The monoisotopic (exact) mass is 258 g/mol. The third-order valence-electron chi connectivity index (χ3n) is 4.93. The fourth-order valence-electron chi connectivity index (χ4n) is 3.65. The summed E-state index contributed by atoms with van der Waals surface area (Å²) in [5, 5.41) is 3.71. The van der Waals surface area contributed by atoms with Crippen molar-refractivity contribution in [1.29, 1.82) is 0 Å². The minimum absolute atomic E-state index is 0.583. The summed E-state index contributed by atoms with van der Waals surface area (Å²) >= 11 is 0. The van der Waals surface area contributed by atoms with Crippen LogP contribution in [0.25, 0.3) is 0 Å². The number of benzene rings is 1. The SMILES string of the molecule is Cc1ccc2c(c1C)NC(C)CC2N1CCCCC1. The molecular formula is C17H26N2. The van der Waals surface area contributed by atoms with E-state index in [1.54, 1.807) is 0 Å². The average Bonchev–Trinajstić information content (AvgIpc) is 2.44. The molecule has 1 N–H and O–H groups in total. The number of nitrogens with one attached hydrogen (secondary N) is 1. The number of likely N-dealkylation sites (tertiary alicyclic amines) is 1. The summed E-state index contributed by atoms with van der Waals surface area (Å²) < 4.78 is 0. The number of hydrogen-bond acceptors (Lipinski definition) is 2. The number of anilines is 1. The second kappa shape index (κ2) is 5.16. The van der Waals surface area contributed by atoms with Crippen molar-refractivity contribution >= 4 is 5.69 Å². The van der Waals surface area contributed by atoms with E-state index in [-0.39, 0.29) is 0 Å². The lowest BCUT2D eigenvalue weighted by Crippen LogP contribution is -2.39. The minimum Gasteiger partial charge on any atom is -0.382 e. The highest BCUT2D eigenvalue weighted by Gasteiger charge is 2.30. The maximum atomic E-state index is 3.71. The van der Waals surface area contributed by atoms with Crippen LogP contribution in [0.4, 0.5) is 5.69 Å². The fourth-order valence-corrected chi connectivity index (χ4v) is 3.65. The maximum absolute atomic E-state index is 3.71. The predicted octanol–water partition coefficient (Wildman–Crippen LogP) is 4.03. The fraction of sp³-hybridized carbons (Fsp3) is 0.647. The smallest absolute Gasteiger partial charge is 0.0423 e. The number of hydrogen-bond donors (Lipinski definition) is 1. The van der Waals surface area contributed by atoms with Crippen LogP contribution in [0, 0.1) is 13.8 Å². The molecule has 2 nitrogen and oxygen atoms in total. The van der Waals surface area contributed by atoms with Crippen LogP contribution in [0.15, 0.2) is 12.1 Å². The molecular weight excluding hydrogens is 232 g/mol. The molecule has 0 spiro atoms. The van der Waals surface area contributed by atoms with Gasteiger partial charge in [0.1, 0.15) is 0 Å². The molecule has 0 saturated carbocycles. The van der Waals surface area contributed by atoms with Gasteiger partial charge in [-0.2, -0.15) is 0 Å². The molecule has 2 heterocycles. The number of fused-ring (bicyclic) bond motifs is 1. The largest absolute Gasteiger partial charge is 0.382 e. The first-order valence-corrected chi connectivity index (χ1v) is 7.77. The van der Waals surface area contributed by atoms with Crippen LogP contribution >= 0.6 is 0 Å². The molecule has 0 amide bonds. The predicted molar refractivity (Wildman–Crippen MR) is 81.8 cm³/mol. The molecule has 104 valence electrons. The maximum Gasteiger partial charge on any atom is 0.0423 e. The van der Waals surface area contributed by atoms with Crippen molar-refractivity contribution in [2.45, 2.75) is 58.5 Å². The highest BCUT2D eigenvalue weighted by atomic mass is 15.2. The van der Waals surface area contributed by atoms with Gasteiger partial charge in [0.05, 0.1) is 0 Å². The van der Waals surface area contributed by atoms with Crippen LogP contribution in [0.3, 0.4) is 0 Å². The molecule has 0 aliphatic carbocycles. The lowest BCUT2D eigenvalue weighted by Gasteiger charge is -2.41. The standard InChI is InChI=1S/C17H26N2/c1-12-7-8-15-16(19-9-5-4-6-10-19)11-13(2)18-17(15)14(12)3/h7-8,13,16,18H,4-6,9-11H2,1-3H3. The van der Waals surface area contributed by atoms with Crippen LogP contribution in [0.2, 0.25) is 0 Å². The van der Waals surface area contributed by atoms with Gasteiger partial charge in [-0.3, -0.25) is 4.90 Å². The lowest BCUT2D eigenvalue weighted by atomic mass is 9.88. The van der Waals surface area contributed by atoms with Gasteiger partial charge in [-0.25, -0.2) is 0 Å². The number of piperidine rings is 1. The Hall–Kier alpha value is -1.02. The van der Waals surface area contributed by atoms with Crippen LogP contribution in [-0.4, -0.2) is 24.0 Å². The molecule has 2 unspecified atom stereocenters. The van der Waals surface area contributed by atoms with E-state index in [1.807, 2.05) is 0 Å². The summed E-state index contributed by atoms with van der Waals surface area (Å²) in [4.78, 5) is 2.72. The Morgan fingerprint density at radius 1 is 1.11 bits per heavy atom. The van der Waals surface area contributed by atoms with Crippen molar-refractivity contribution in [3.8, 4) is 0 Å². The van der Waals surface area contributed by atoms with Crippen LogP contribution in [0.1, 0.15) is 55.3 Å². The van der Waals surface area contributed by atoms with Crippen molar-refractivity contribution in [1.82, 2.24) is 4.90 Å². The first-order valence-electron chi connectivity index (χ1n) is 7.77. The van der Waals surface area contributed by atoms with Gasteiger partial charge >= 0.3 is 0 Å². The minimum atomic E-state index is 0.583. The Morgan fingerprint density at radius 3 is 2.58 bits per heavy atom. The summed E-state index contributed by atoms with van der Waals surface area (Å²) in [6.45, 7) is 9.36. The molecule has 2 aliphatic rings. The van der Waals surface area contributed by atoms with Crippen molar-refractivity contribution in [3.05, 3.63) is 28.8 Å². The molecule has 2 heteroatoms. The van der Waals surface area contributed by atoms with E-state index in [2.05, 4.69) is 43.1 Å². The number of rotatable bonds is 1. The quantitative estimate of drug-likeness (QED) is 0.818. The summed E-state index contributed by atoms with van der Waals surface area (Å²) in [5.41, 5.74) is 5.78. The third-order valence-corrected chi connectivity index (χ3v) is 4.93. The van der Waals surface area contributed by atoms with E-state index >= 15 is 0 Å². The summed E-state index contributed by atoms with van der Waals surface area (Å²) in [6, 6.07) is 5.87. The molecule has 1 fully saturated rings. The van der Waals surface area contributed by atoms with Crippen molar-refractivity contribution in [3.63, 3.8) is 0 Å². The van der Waals surface area contributed by atoms with Gasteiger partial charge in [0.25, 0.3) is 0 Å². The zero-order chi connectivity index (χ0) is 13.4. The van der Waals surface area contributed by atoms with E-state index in [1.165, 1.54) is 61.2 Å². The van der Waals surface area contributed by atoms with Crippen LogP contribution in [-0.2, 0) is 0 Å². The highest BCUT2D eigenvalue weighted by Crippen LogP contribution is 2.40. The van der Waals surface area contributed by atoms with Crippen molar-refractivity contribution in [2.24, 2.45) is 0 Å². The van der Waals surface area contributed by atoms with Crippen LogP contribution < -0.4 is 5.32 Å². The molecule has 1 aromatic rings. The number of aryl methyl sites for hydroxylation is 1. The van der Waals surface area contributed by atoms with Gasteiger partial charge < -0.3 is 5.32 Å². The summed E-state index contributed by atoms with van der Waals surface area (Å²) in [6.07, 6.45) is 5.41. The average molecular weight is 258 g/mol. The number of nitrogens with zero attached hydrogens (tertiary/aromatic N) is 1. The Kier molecular flexibility index (Phi) is 3.53. The molecule has 0 bridgehead atoms. The Labute approximate surface area is 117 Å². The molecule has 2 aliphatic heterocycles. The van der Waals surface area contributed by atoms with Crippen LogP contribution in [0.5, 0.6) is 0 Å². The third kappa shape index (κ3) is 2.38. The zero-order valence-electron chi connectivity index (χ0n) is 12.5. The lowest BCUT2D eigenvalue weighted by molar-refractivity contribution is 0.149. The van der Waals surface area contributed by atoms with E-state index in [0.717, 1.165) is 0 Å². The zero-order valence-corrected chi connectivity index (χ0v) is 12.5. The molecule has 3 rings (SSSR count). The first kappa shape index (κ1) is 13.0. The summed E-state index contributed by atoms with van der Waals surface area (Å²) in [5.74, 6) is 0. The van der Waals surface area contributed by atoms with E-state index in [4.69, 9.17) is 0 Å². The van der Waals surface area contributed by atoms with Gasteiger partial charge in [0.2, 0.25) is 0 Å². The normalized spacial score (nSPS) is 27.7. The van der Waals surface area contributed by atoms with Gasteiger partial charge in [0, 0.05) is 17.8 Å². The van der Waals surface area contributed by atoms with Gasteiger partial charge in [-0.05, 0) is 69.8 Å². The van der Waals surface area contributed by atoms with Gasteiger partial charge in [0.15, 0.2) is 0 Å². The van der Waals surface area contributed by atoms with E-state index in [9.17, 15) is 0 Å². The molecule has 1 aromatic carbocycles. The van der Waals surface area contributed by atoms with Crippen molar-refractivity contribution in [2.75, 3.05) is 18.4 Å². The molecule has 19 heavy (non-hydrogen) atoms. The topological polar surface area (TPSA) is 15.3 Å². The summed E-state index contributed by atoms with van der Waals surface area (Å²) in [7, 11) is 0. The Bertz CT molecular complexity index is 461. The van der Waals surface area contributed by atoms with Crippen molar-refractivity contribution < 1.29 is 0 Å². The van der Waals surface area contributed by atoms with E-state index < -0.39 is 0 Å². The first-order chi connectivity index (χ1) is 9.16.